The van der Waals surface area contributed by atoms with E-state index in [1.165, 1.54) is 4.90 Å². The number of carbonyl (C=O) groups excluding carboxylic acids is 3. The molecule has 10 heteroatoms. The zero-order valence-electron chi connectivity index (χ0n) is 22.8. The second-order valence-corrected chi connectivity index (χ2v) is 10.7. The number of nitrogens with two attached hydrogens (primary N) is 1. The van der Waals surface area contributed by atoms with Crippen molar-refractivity contribution in [2.75, 3.05) is 6.54 Å². The summed E-state index contributed by atoms with van der Waals surface area (Å²) in [5, 5.41) is 16.2. The van der Waals surface area contributed by atoms with E-state index in [1.54, 1.807) is 13.8 Å². The number of aromatic amines is 1. The fourth-order valence-electron chi connectivity index (χ4n) is 5.22. The van der Waals surface area contributed by atoms with Crippen molar-refractivity contribution in [3.8, 4) is 0 Å². The third kappa shape index (κ3) is 6.69. The van der Waals surface area contributed by atoms with Gasteiger partial charge in [0.05, 0.1) is 6.04 Å². The van der Waals surface area contributed by atoms with E-state index in [0.717, 1.165) is 22.0 Å². The summed E-state index contributed by atoms with van der Waals surface area (Å²) in [6, 6.07) is 13.2. The van der Waals surface area contributed by atoms with Crippen LogP contribution in [0.3, 0.4) is 0 Å². The van der Waals surface area contributed by atoms with Crippen molar-refractivity contribution in [1.29, 1.82) is 0 Å². The van der Waals surface area contributed by atoms with E-state index in [2.05, 4.69) is 15.6 Å². The van der Waals surface area contributed by atoms with E-state index in [1.807, 2.05) is 60.8 Å². The van der Waals surface area contributed by atoms with Gasteiger partial charge >= 0.3 is 5.97 Å². The number of H-pyrrole nitrogens is 1. The summed E-state index contributed by atoms with van der Waals surface area (Å²) in [4.78, 5) is 56.4. The highest BCUT2D eigenvalue weighted by atomic mass is 16.4. The van der Waals surface area contributed by atoms with Gasteiger partial charge in [-0.25, -0.2) is 4.79 Å². The molecule has 0 bridgehead atoms. The van der Waals surface area contributed by atoms with E-state index in [9.17, 15) is 24.3 Å². The zero-order valence-corrected chi connectivity index (χ0v) is 22.8. The Kier molecular flexibility index (Phi) is 9.21. The molecule has 2 aromatic carbocycles. The van der Waals surface area contributed by atoms with Gasteiger partial charge in [-0.05, 0) is 42.4 Å². The van der Waals surface area contributed by atoms with Crippen LogP contribution in [0.4, 0.5) is 0 Å². The van der Waals surface area contributed by atoms with Crippen LogP contribution in [-0.2, 0) is 32.0 Å². The van der Waals surface area contributed by atoms with Gasteiger partial charge in [0.1, 0.15) is 18.1 Å². The van der Waals surface area contributed by atoms with Crippen LogP contribution in [0.15, 0.2) is 60.8 Å². The number of rotatable bonds is 11. The molecule has 4 atom stereocenters. The number of carboxylic acids is 1. The van der Waals surface area contributed by atoms with E-state index in [0.29, 0.717) is 19.4 Å². The molecular weight excluding hydrogens is 510 g/mol. The van der Waals surface area contributed by atoms with Gasteiger partial charge in [-0.2, -0.15) is 0 Å². The van der Waals surface area contributed by atoms with Crippen LogP contribution in [0.2, 0.25) is 0 Å². The molecule has 3 aromatic rings. The predicted molar refractivity (Wildman–Crippen MR) is 151 cm³/mol. The molecule has 40 heavy (non-hydrogen) atoms. The number of para-hydroxylation sites is 1. The Morgan fingerprint density at radius 2 is 1.70 bits per heavy atom. The summed E-state index contributed by atoms with van der Waals surface area (Å²) in [7, 11) is 0. The van der Waals surface area contributed by atoms with Crippen molar-refractivity contribution in [2.24, 2.45) is 11.7 Å². The third-order valence-corrected chi connectivity index (χ3v) is 7.42. The van der Waals surface area contributed by atoms with Crippen LogP contribution in [0, 0.1) is 5.92 Å². The highest BCUT2D eigenvalue weighted by Crippen LogP contribution is 2.21. The van der Waals surface area contributed by atoms with Crippen LogP contribution in [0.1, 0.15) is 37.8 Å². The average Bonchev–Trinajstić information content (AvgIpc) is 3.59. The van der Waals surface area contributed by atoms with Gasteiger partial charge in [-0.3, -0.25) is 14.4 Å². The maximum absolute atomic E-state index is 13.5. The molecule has 4 rings (SSSR count). The molecular formula is C30H37N5O5. The Morgan fingerprint density at radius 1 is 1.00 bits per heavy atom. The van der Waals surface area contributed by atoms with Crippen LogP contribution in [0.5, 0.6) is 0 Å². The Labute approximate surface area is 233 Å². The lowest BCUT2D eigenvalue weighted by atomic mass is 9.99. The highest BCUT2D eigenvalue weighted by Gasteiger charge is 2.38. The van der Waals surface area contributed by atoms with Crippen LogP contribution >= 0.6 is 0 Å². The van der Waals surface area contributed by atoms with Gasteiger partial charge in [-0.15, -0.1) is 0 Å². The summed E-state index contributed by atoms with van der Waals surface area (Å²) in [5.74, 6) is -2.81. The van der Waals surface area contributed by atoms with Gasteiger partial charge in [0.15, 0.2) is 0 Å². The van der Waals surface area contributed by atoms with Crippen molar-refractivity contribution in [2.45, 2.75) is 63.7 Å². The van der Waals surface area contributed by atoms with Crippen molar-refractivity contribution in [3.05, 3.63) is 71.9 Å². The number of hydrogen-bond donors (Lipinski definition) is 5. The van der Waals surface area contributed by atoms with Crippen LogP contribution in [0.25, 0.3) is 10.9 Å². The number of carbonyl (C=O) groups is 4. The van der Waals surface area contributed by atoms with Gasteiger partial charge < -0.3 is 31.4 Å². The summed E-state index contributed by atoms with van der Waals surface area (Å²) in [6.45, 7) is 3.90. The van der Waals surface area contributed by atoms with Gasteiger partial charge in [0.25, 0.3) is 0 Å². The minimum atomic E-state index is -1.06. The Bertz CT molecular complexity index is 1350. The quantitative estimate of drug-likeness (QED) is 0.247. The van der Waals surface area contributed by atoms with E-state index >= 15 is 0 Å². The standard InChI is InChI=1S/C30H37N5O5/c1-18(2)26(34-27(36)22(31)16-20-17-32-23-12-7-6-11-21(20)23)28(37)33-24(15-19-9-4-3-5-10-19)29(38)35-14-8-13-25(35)30(39)40/h3-7,9-12,17-18,22,24-26,32H,8,13-16,31H2,1-2H3,(H,33,37)(H,34,36)(H,39,40). The molecule has 10 nitrogen and oxygen atoms in total. The number of likely N-dealkylation sites (tertiary alicyclic amines) is 1. The minimum absolute atomic E-state index is 0.188. The number of aromatic nitrogens is 1. The Hall–Kier alpha value is -4.18. The molecule has 1 aromatic heterocycles. The summed E-state index contributed by atoms with van der Waals surface area (Å²) >= 11 is 0. The molecule has 1 saturated heterocycles. The third-order valence-electron chi connectivity index (χ3n) is 7.42. The lowest BCUT2D eigenvalue weighted by Crippen LogP contribution is -2.59. The fraction of sp³-hybridized carbons (Fsp3) is 0.400. The van der Waals surface area contributed by atoms with E-state index in [4.69, 9.17) is 5.73 Å². The minimum Gasteiger partial charge on any atom is -0.480 e. The molecule has 1 aliphatic heterocycles. The first-order valence-electron chi connectivity index (χ1n) is 13.6. The monoisotopic (exact) mass is 547 g/mol. The predicted octanol–water partition coefficient (Wildman–Crippen LogP) is 1.98. The summed E-state index contributed by atoms with van der Waals surface area (Å²) < 4.78 is 0. The number of nitrogens with one attached hydrogen (secondary N) is 3. The van der Waals surface area contributed by atoms with Gasteiger partial charge in [-0.1, -0.05) is 62.4 Å². The Balaban J connectivity index is 1.47. The number of amides is 3. The van der Waals surface area contributed by atoms with Crippen molar-refractivity contribution >= 4 is 34.6 Å². The van der Waals surface area contributed by atoms with E-state index < -0.39 is 47.9 Å². The average molecular weight is 548 g/mol. The number of nitrogens with zero attached hydrogens (tertiary/aromatic N) is 1. The molecule has 3 amide bonds. The number of fused-ring (bicyclic) bond motifs is 1. The smallest absolute Gasteiger partial charge is 0.326 e. The molecule has 1 aliphatic rings. The van der Waals surface area contributed by atoms with Gasteiger partial charge in [0.2, 0.25) is 17.7 Å². The van der Waals surface area contributed by atoms with Crippen molar-refractivity contribution in [3.63, 3.8) is 0 Å². The Morgan fingerprint density at radius 3 is 2.40 bits per heavy atom. The summed E-state index contributed by atoms with van der Waals surface area (Å²) in [6.07, 6.45) is 3.24. The first-order chi connectivity index (χ1) is 19.2. The topological polar surface area (TPSA) is 158 Å². The lowest BCUT2D eigenvalue weighted by molar-refractivity contribution is -0.149. The fourth-order valence-corrected chi connectivity index (χ4v) is 5.22. The number of carboxylic acid groups (broad SMARTS) is 1. The molecule has 0 saturated carbocycles. The second kappa shape index (κ2) is 12.8. The van der Waals surface area contributed by atoms with Crippen molar-refractivity contribution < 1.29 is 24.3 Å². The maximum atomic E-state index is 13.5. The van der Waals surface area contributed by atoms with Crippen molar-refractivity contribution in [1.82, 2.24) is 20.5 Å². The largest absolute Gasteiger partial charge is 0.480 e. The molecule has 212 valence electrons. The highest BCUT2D eigenvalue weighted by molar-refractivity contribution is 5.95. The summed E-state index contributed by atoms with van der Waals surface area (Å²) in [5.41, 5.74) is 8.91. The number of aliphatic carboxylic acids is 1. The zero-order chi connectivity index (χ0) is 28.8. The lowest BCUT2D eigenvalue weighted by Gasteiger charge is -2.30. The number of benzene rings is 2. The van der Waals surface area contributed by atoms with Crippen LogP contribution in [-0.4, -0.2) is 69.4 Å². The normalized spacial score (nSPS) is 17.4. The molecule has 2 heterocycles. The second-order valence-electron chi connectivity index (χ2n) is 10.7. The molecule has 0 radical (unpaired) electrons. The SMILES string of the molecule is CC(C)C(NC(=O)C(N)Cc1c[nH]c2ccccc12)C(=O)NC(Cc1ccccc1)C(=O)N1CCCC1C(=O)O. The van der Waals surface area contributed by atoms with E-state index in [-0.39, 0.29) is 18.8 Å². The molecule has 0 spiro atoms. The molecule has 0 aliphatic carbocycles. The first-order valence-corrected chi connectivity index (χ1v) is 13.6. The van der Waals surface area contributed by atoms with Gasteiger partial charge in [0, 0.05) is 30.1 Å². The first kappa shape index (κ1) is 28.8. The molecule has 4 unspecified atom stereocenters. The number of hydrogen-bond acceptors (Lipinski definition) is 5. The molecule has 6 N–H and O–H groups in total. The van der Waals surface area contributed by atoms with Crippen LogP contribution < -0.4 is 16.4 Å². The molecule has 1 fully saturated rings. The maximum Gasteiger partial charge on any atom is 0.326 e.